The van der Waals surface area contributed by atoms with Gasteiger partial charge in [-0.05, 0) is 48.6 Å². The number of carbonyl (C=O) groups excluding carboxylic acids is 1. The predicted octanol–water partition coefficient (Wildman–Crippen LogP) is 2.15. The molecule has 0 saturated carbocycles. The van der Waals surface area contributed by atoms with Gasteiger partial charge in [0.2, 0.25) is 0 Å². The Labute approximate surface area is 132 Å². The highest BCUT2D eigenvalue weighted by Gasteiger charge is 2.37. The summed E-state index contributed by atoms with van der Waals surface area (Å²) in [5, 5.41) is 11.7. The Morgan fingerprint density at radius 3 is 2.83 bits per heavy atom. The second kappa shape index (κ2) is 6.13. The van der Waals surface area contributed by atoms with Crippen LogP contribution in [0.4, 0.5) is 13.2 Å². The Hall–Kier alpha value is -1.60. The first-order chi connectivity index (χ1) is 10.9. The Bertz CT molecular complexity index is 616. The lowest BCUT2D eigenvalue weighted by molar-refractivity contribution is -0.138. The number of hydrogen-bond acceptors (Lipinski definition) is 3. The van der Waals surface area contributed by atoms with Crippen molar-refractivity contribution in [3.63, 3.8) is 0 Å². The Morgan fingerprint density at radius 1 is 1.35 bits per heavy atom. The minimum absolute atomic E-state index is 0.0399. The summed E-state index contributed by atoms with van der Waals surface area (Å²) in [5.41, 5.74) is -0.0607. The molecular weight excluding hydrogens is 309 g/mol. The van der Waals surface area contributed by atoms with E-state index in [0.717, 1.165) is 25.5 Å². The number of nitrogens with one attached hydrogen (secondary N) is 1. The minimum atomic E-state index is -4.47. The molecule has 2 aliphatic rings. The van der Waals surface area contributed by atoms with Crippen molar-refractivity contribution < 1.29 is 23.1 Å². The average Bonchev–Trinajstić information content (AvgIpc) is 2.87. The third kappa shape index (κ3) is 3.35. The van der Waals surface area contributed by atoms with Crippen LogP contribution in [0, 0.1) is 5.92 Å². The lowest BCUT2D eigenvalue weighted by atomic mass is 9.96. The highest BCUT2D eigenvalue weighted by molar-refractivity contribution is 5.99. The average molecular weight is 328 g/mol. The Kier molecular flexibility index (Phi) is 4.33. The maximum atomic E-state index is 13.3. The summed E-state index contributed by atoms with van der Waals surface area (Å²) in [6, 6.07) is 2.72. The summed E-state index contributed by atoms with van der Waals surface area (Å²) in [5.74, 6) is -0.275. The van der Waals surface area contributed by atoms with Gasteiger partial charge in [0.25, 0.3) is 5.91 Å². The molecule has 7 heteroatoms. The SMILES string of the molecule is O=C1NCc2c1cc(CN1CCC[C@@H](CO)C1)cc2C(F)(F)F. The van der Waals surface area contributed by atoms with E-state index in [9.17, 15) is 23.1 Å². The fourth-order valence-electron chi connectivity index (χ4n) is 3.44. The molecule has 1 atom stereocenters. The van der Waals surface area contributed by atoms with E-state index in [1.54, 1.807) is 6.07 Å². The van der Waals surface area contributed by atoms with Crippen LogP contribution in [0.3, 0.4) is 0 Å². The van der Waals surface area contributed by atoms with Crippen molar-refractivity contribution in [1.82, 2.24) is 10.2 Å². The molecule has 0 unspecified atom stereocenters. The number of piperidine rings is 1. The third-order valence-electron chi connectivity index (χ3n) is 4.55. The van der Waals surface area contributed by atoms with Gasteiger partial charge in [-0.3, -0.25) is 9.69 Å². The number of likely N-dealkylation sites (tertiary alicyclic amines) is 1. The van der Waals surface area contributed by atoms with Crippen LogP contribution in [0.5, 0.6) is 0 Å². The van der Waals surface area contributed by atoms with E-state index in [4.69, 9.17) is 0 Å². The van der Waals surface area contributed by atoms with E-state index in [1.807, 2.05) is 4.90 Å². The molecule has 1 aromatic carbocycles. The first-order valence-electron chi connectivity index (χ1n) is 7.73. The van der Waals surface area contributed by atoms with E-state index >= 15 is 0 Å². The number of hydrogen-bond donors (Lipinski definition) is 2. The van der Waals surface area contributed by atoms with Gasteiger partial charge in [0.15, 0.2) is 0 Å². The lowest BCUT2D eigenvalue weighted by Gasteiger charge is -2.32. The quantitative estimate of drug-likeness (QED) is 0.894. The molecule has 0 bridgehead atoms. The first kappa shape index (κ1) is 16.3. The van der Waals surface area contributed by atoms with Gasteiger partial charge in [0, 0.05) is 31.8 Å². The van der Waals surface area contributed by atoms with Crippen molar-refractivity contribution in [1.29, 1.82) is 0 Å². The molecule has 4 nitrogen and oxygen atoms in total. The van der Waals surface area contributed by atoms with Crippen molar-refractivity contribution >= 4 is 5.91 Å². The summed E-state index contributed by atoms with van der Waals surface area (Å²) >= 11 is 0. The third-order valence-corrected chi connectivity index (χ3v) is 4.55. The van der Waals surface area contributed by atoms with Gasteiger partial charge >= 0.3 is 6.18 Å². The standard InChI is InChI=1S/C16H19F3N2O2/c17-16(18,19)14-5-11(4-12-13(14)6-20-15(12)23)8-21-3-1-2-10(7-21)9-22/h4-5,10,22H,1-3,6-9H2,(H,20,23)/t10-/m1/s1. The topological polar surface area (TPSA) is 52.6 Å². The molecule has 0 aromatic heterocycles. The Balaban J connectivity index is 1.88. The molecule has 2 heterocycles. The van der Waals surface area contributed by atoms with Crippen molar-refractivity contribution in [2.75, 3.05) is 19.7 Å². The van der Waals surface area contributed by atoms with Crippen molar-refractivity contribution in [3.8, 4) is 0 Å². The lowest BCUT2D eigenvalue weighted by Crippen LogP contribution is -2.36. The predicted molar refractivity (Wildman–Crippen MR) is 77.7 cm³/mol. The molecule has 1 fully saturated rings. The number of amides is 1. The molecule has 2 N–H and O–H groups in total. The maximum absolute atomic E-state index is 13.3. The number of alkyl halides is 3. The second-order valence-corrected chi connectivity index (χ2v) is 6.28. The van der Waals surface area contributed by atoms with Crippen LogP contribution >= 0.6 is 0 Å². The number of aliphatic hydroxyl groups excluding tert-OH is 1. The number of aliphatic hydroxyl groups is 1. The fourth-order valence-corrected chi connectivity index (χ4v) is 3.44. The zero-order valence-corrected chi connectivity index (χ0v) is 12.6. The normalized spacial score (nSPS) is 22.1. The Morgan fingerprint density at radius 2 is 2.13 bits per heavy atom. The maximum Gasteiger partial charge on any atom is 0.416 e. The second-order valence-electron chi connectivity index (χ2n) is 6.28. The largest absolute Gasteiger partial charge is 0.416 e. The summed E-state index contributed by atoms with van der Waals surface area (Å²) < 4.78 is 39.8. The number of carbonyl (C=O) groups is 1. The molecule has 0 spiro atoms. The molecule has 1 saturated heterocycles. The number of nitrogens with zero attached hydrogens (tertiary/aromatic N) is 1. The highest BCUT2D eigenvalue weighted by atomic mass is 19.4. The summed E-state index contributed by atoms with van der Waals surface area (Å²) in [7, 11) is 0. The monoisotopic (exact) mass is 328 g/mol. The van der Waals surface area contributed by atoms with E-state index in [0.29, 0.717) is 18.7 Å². The van der Waals surface area contributed by atoms with Crippen molar-refractivity contribution in [3.05, 3.63) is 34.4 Å². The summed E-state index contributed by atoms with van der Waals surface area (Å²) in [6.45, 7) is 1.85. The van der Waals surface area contributed by atoms with Gasteiger partial charge in [0.1, 0.15) is 0 Å². The van der Waals surface area contributed by atoms with Crippen LogP contribution in [0.2, 0.25) is 0 Å². The minimum Gasteiger partial charge on any atom is -0.396 e. The number of benzene rings is 1. The first-order valence-corrected chi connectivity index (χ1v) is 7.73. The molecule has 2 aliphatic heterocycles. The molecule has 126 valence electrons. The van der Waals surface area contributed by atoms with Crippen LogP contribution in [0.25, 0.3) is 0 Å². The van der Waals surface area contributed by atoms with E-state index < -0.39 is 17.6 Å². The highest BCUT2D eigenvalue weighted by Crippen LogP contribution is 2.36. The molecule has 1 amide bonds. The molecule has 0 aliphatic carbocycles. The van der Waals surface area contributed by atoms with Crippen molar-refractivity contribution in [2.24, 2.45) is 5.92 Å². The zero-order valence-electron chi connectivity index (χ0n) is 12.6. The van der Waals surface area contributed by atoms with Crippen LogP contribution in [-0.4, -0.2) is 35.6 Å². The number of fused-ring (bicyclic) bond motifs is 1. The zero-order chi connectivity index (χ0) is 16.6. The smallest absolute Gasteiger partial charge is 0.396 e. The van der Waals surface area contributed by atoms with Gasteiger partial charge in [-0.15, -0.1) is 0 Å². The van der Waals surface area contributed by atoms with Gasteiger partial charge in [-0.2, -0.15) is 13.2 Å². The molecule has 1 aromatic rings. The molecule has 0 radical (unpaired) electrons. The molecule has 3 rings (SSSR count). The van der Waals surface area contributed by atoms with E-state index in [2.05, 4.69) is 5.32 Å². The van der Waals surface area contributed by atoms with Gasteiger partial charge in [-0.1, -0.05) is 0 Å². The summed E-state index contributed by atoms with van der Waals surface area (Å²) in [6.07, 6.45) is -2.61. The molecule has 23 heavy (non-hydrogen) atoms. The van der Waals surface area contributed by atoms with Crippen LogP contribution in [-0.2, 0) is 19.3 Å². The number of rotatable bonds is 3. The fraction of sp³-hybridized carbons (Fsp3) is 0.562. The van der Waals surface area contributed by atoms with Crippen LogP contribution in [0.15, 0.2) is 12.1 Å². The molecular formula is C16H19F3N2O2. The van der Waals surface area contributed by atoms with Gasteiger partial charge in [0.05, 0.1) is 5.56 Å². The number of halogens is 3. The van der Waals surface area contributed by atoms with Gasteiger partial charge < -0.3 is 10.4 Å². The van der Waals surface area contributed by atoms with E-state index in [1.165, 1.54) is 0 Å². The van der Waals surface area contributed by atoms with E-state index in [-0.39, 0.29) is 30.2 Å². The summed E-state index contributed by atoms with van der Waals surface area (Å²) in [4.78, 5) is 13.8. The van der Waals surface area contributed by atoms with Crippen LogP contribution in [0.1, 0.15) is 39.9 Å². The van der Waals surface area contributed by atoms with Crippen molar-refractivity contribution in [2.45, 2.75) is 32.1 Å². The van der Waals surface area contributed by atoms with Gasteiger partial charge in [-0.25, -0.2) is 0 Å². The van der Waals surface area contributed by atoms with Crippen LogP contribution < -0.4 is 5.32 Å².